The fourth-order valence-electron chi connectivity index (χ4n) is 3.60. The monoisotopic (exact) mass is 334 g/mol. The van der Waals surface area contributed by atoms with E-state index in [1.165, 1.54) is 11.3 Å². The number of carbonyl (C=O) groups is 1. The van der Waals surface area contributed by atoms with Gasteiger partial charge in [0.1, 0.15) is 6.04 Å². The van der Waals surface area contributed by atoms with Crippen LogP contribution in [0.5, 0.6) is 0 Å². The quantitative estimate of drug-likeness (QED) is 0.846. The van der Waals surface area contributed by atoms with Crippen LogP contribution in [0.4, 0.5) is 5.13 Å². The van der Waals surface area contributed by atoms with Gasteiger partial charge in [0.2, 0.25) is 5.91 Å². The SMILES string of the molecule is CN(C(=O)CN1CCCC2(CCCCO2)C1C#N)c1nccs1. The number of ether oxygens (including phenoxy) is 1. The standard InChI is InChI=1S/C16H22N4O2S/c1-19(15-18-7-10-23-15)14(21)12-20-8-4-6-16(13(20)11-17)5-2-3-9-22-16/h7,10,13H,2-6,8-9,12H2,1H3. The van der Waals surface area contributed by atoms with E-state index in [1.54, 1.807) is 18.1 Å². The number of carbonyl (C=O) groups excluding carboxylic acids is 1. The first kappa shape index (κ1) is 16.4. The van der Waals surface area contributed by atoms with E-state index in [2.05, 4.69) is 11.1 Å². The summed E-state index contributed by atoms with van der Waals surface area (Å²) >= 11 is 1.44. The van der Waals surface area contributed by atoms with Gasteiger partial charge in [-0.1, -0.05) is 0 Å². The van der Waals surface area contributed by atoms with Crippen LogP contribution in [0.1, 0.15) is 32.1 Å². The van der Waals surface area contributed by atoms with Gasteiger partial charge in [0.05, 0.1) is 18.2 Å². The van der Waals surface area contributed by atoms with Crippen molar-refractivity contribution in [2.45, 2.75) is 43.7 Å². The van der Waals surface area contributed by atoms with Crippen LogP contribution in [-0.4, -0.2) is 54.2 Å². The summed E-state index contributed by atoms with van der Waals surface area (Å²) in [4.78, 5) is 20.3. The summed E-state index contributed by atoms with van der Waals surface area (Å²) in [5, 5.41) is 12.2. The molecule has 2 fully saturated rings. The Morgan fingerprint density at radius 3 is 3.04 bits per heavy atom. The van der Waals surface area contributed by atoms with Gasteiger partial charge in [-0.15, -0.1) is 11.3 Å². The number of nitriles is 1. The first-order valence-electron chi connectivity index (χ1n) is 8.10. The molecule has 3 rings (SSSR count). The van der Waals surface area contributed by atoms with Crippen molar-refractivity contribution in [2.75, 3.05) is 31.6 Å². The first-order valence-corrected chi connectivity index (χ1v) is 8.98. The third-order valence-electron chi connectivity index (χ3n) is 4.83. The summed E-state index contributed by atoms with van der Waals surface area (Å²) in [5.74, 6) is -0.0342. The highest BCUT2D eigenvalue weighted by Crippen LogP contribution is 2.38. The van der Waals surface area contributed by atoms with Crippen molar-refractivity contribution in [3.63, 3.8) is 0 Å². The summed E-state index contributed by atoms with van der Waals surface area (Å²) in [6.45, 7) is 1.72. The second-order valence-electron chi connectivity index (χ2n) is 6.24. The minimum absolute atomic E-state index is 0.0342. The molecule has 124 valence electrons. The number of anilines is 1. The third kappa shape index (κ3) is 3.25. The molecule has 1 spiro atoms. The Morgan fingerprint density at radius 1 is 1.57 bits per heavy atom. The zero-order chi connectivity index (χ0) is 16.3. The first-order chi connectivity index (χ1) is 11.2. The molecule has 2 unspecified atom stereocenters. The fraction of sp³-hybridized carbons (Fsp3) is 0.688. The van der Waals surface area contributed by atoms with Crippen LogP contribution in [0.3, 0.4) is 0 Å². The highest BCUT2D eigenvalue weighted by atomic mass is 32.1. The number of rotatable bonds is 3. The van der Waals surface area contributed by atoms with E-state index in [4.69, 9.17) is 4.74 Å². The molecule has 23 heavy (non-hydrogen) atoms. The molecule has 3 heterocycles. The van der Waals surface area contributed by atoms with Crippen LogP contribution in [0.15, 0.2) is 11.6 Å². The van der Waals surface area contributed by atoms with E-state index < -0.39 is 0 Å². The predicted molar refractivity (Wildman–Crippen MR) is 88.3 cm³/mol. The van der Waals surface area contributed by atoms with E-state index in [0.717, 1.165) is 45.3 Å². The van der Waals surface area contributed by atoms with Gasteiger partial charge in [0, 0.05) is 31.8 Å². The largest absolute Gasteiger partial charge is 0.372 e. The number of aromatic nitrogens is 1. The molecule has 2 aliphatic rings. The molecule has 1 aromatic rings. The van der Waals surface area contributed by atoms with Crippen molar-refractivity contribution in [3.05, 3.63) is 11.6 Å². The molecule has 1 aromatic heterocycles. The summed E-state index contributed by atoms with van der Waals surface area (Å²) in [7, 11) is 1.74. The average Bonchev–Trinajstić information content (AvgIpc) is 3.09. The average molecular weight is 334 g/mol. The van der Waals surface area contributed by atoms with Crippen LogP contribution in [0, 0.1) is 11.3 Å². The molecule has 0 aromatic carbocycles. The number of likely N-dealkylation sites (N-methyl/N-ethyl adjacent to an activating group) is 1. The minimum atomic E-state index is -0.384. The molecule has 0 saturated carbocycles. The molecule has 2 saturated heterocycles. The predicted octanol–water partition coefficient (Wildman–Crippen LogP) is 2.03. The number of nitrogens with zero attached hydrogens (tertiary/aromatic N) is 4. The molecular weight excluding hydrogens is 312 g/mol. The Kier molecular flexibility index (Phi) is 4.95. The lowest BCUT2D eigenvalue weighted by atomic mass is 9.79. The van der Waals surface area contributed by atoms with Crippen LogP contribution < -0.4 is 4.90 Å². The van der Waals surface area contributed by atoms with Gasteiger partial charge >= 0.3 is 0 Å². The Balaban J connectivity index is 1.71. The Morgan fingerprint density at radius 2 is 2.39 bits per heavy atom. The second-order valence-corrected chi connectivity index (χ2v) is 7.12. The second kappa shape index (κ2) is 6.95. The number of amides is 1. The lowest BCUT2D eigenvalue weighted by molar-refractivity contribution is -0.142. The van der Waals surface area contributed by atoms with E-state index >= 15 is 0 Å². The van der Waals surface area contributed by atoms with Crippen molar-refractivity contribution in [1.82, 2.24) is 9.88 Å². The van der Waals surface area contributed by atoms with Crippen molar-refractivity contribution in [3.8, 4) is 6.07 Å². The van der Waals surface area contributed by atoms with Crippen LogP contribution in [0.2, 0.25) is 0 Å². The maximum Gasteiger partial charge on any atom is 0.242 e. The van der Waals surface area contributed by atoms with Gasteiger partial charge in [0.15, 0.2) is 5.13 Å². The van der Waals surface area contributed by atoms with Gasteiger partial charge in [-0.3, -0.25) is 14.6 Å². The van der Waals surface area contributed by atoms with Crippen molar-refractivity contribution >= 4 is 22.4 Å². The number of hydrogen-bond donors (Lipinski definition) is 0. The molecule has 1 amide bonds. The topological polar surface area (TPSA) is 69.5 Å². The zero-order valence-corrected chi connectivity index (χ0v) is 14.2. The fourth-order valence-corrected chi connectivity index (χ4v) is 4.23. The molecule has 0 bridgehead atoms. The van der Waals surface area contributed by atoms with Crippen LogP contribution in [0.25, 0.3) is 0 Å². The van der Waals surface area contributed by atoms with Gasteiger partial charge < -0.3 is 4.74 Å². The molecule has 0 radical (unpaired) electrons. The smallest absolute Gasteiger partial charge is 0.242 e. The molecule has 0 aliphatic carbocycles. The molecule has 2 atom stereocenters. The number of thiazole rings is 1. The third-order valence-corrected chi connectivity index (χ3v) is 5.68. The van der Waals surface area contributed by atoms with Crippen molar-refractivity contribution in [2.24, 2.45) is 0 Å². The Bertz CT molecular complexity index is 572. The lowest BCUT2D eigenvalue weighted by Gasteiger charge is -2.48. The lowest BCUT2D eigenvalue weighted by Crippen LogP contribution is -2.60. The van der Waals surface area contributed by atoms with E-state index in [-0.39, 0.29) is 24.1 Å². The van der Waals surface area contributed by atoms with Crippen molar-refractivity contribution < 1.29 is 9.53 Å². The summed E-state index contributed by atoms with van der Waals surface area (Å²) < 4.78 is 6.06. The van der Waals surface area contributed by atoms with Crippen LogP contribution >= 0.6 is 11.3 Å². The maximum atomic E-state index is 12.5. The summed E-state index contributed by atoms with van der Waals surface area (Å²) in [6.07, 6.45) is 6.64. The highest BCUT2D eigenvalue weighted by Gasteiger charge is 2.47. The Labute approximate surface area is 140 Å². The van der Waals surface area contributed by atoms with Gasteiger partial charge in [0.25, 0.3) is 0 Å². The molecule has 2 aliphatic heterocycles. The zero-order valence-electron chi connectivity index (χ0n) is 13.4. The highest BCUT2D eigenvalue weighted by molar-refractivity contribution is 7.13. The summed E-state index contributed by atoms with van der Waals surface area (Å²) in [5.41, 5.74) is -0.384. The number of hydrogen-bond acceptors (Lipinski definition) is 6. The molecular formula is C16H22N4O2S. The summed E-state index contributed by atoms with van der Waals surface area (Å²) in [6, 6.07) is 2.07. The minimum Gasteiger partial charge on any atom is -0.372 e. The normalized spacial score (nSPS) is 28.4. The maximum absolute atomic E-state index is 12.5. The van der Waals surface area contributed by atoms with E-state index in [9.17, 15) is 10.1 Å². The van der Waals surface area contributed by atoms with Gasteiger partial charge in [-0.25, -0.2) is 4.98 Å². The van der Waals surface area contributed by atoms with Gasteiger partial charge in [-0.05, 0) is 32.1 Å². The van der Waals surface area contributed by atoms with Gasteiger partial charge in [-0.2, -0.15) is 5.26 Å². The molecule has 6 nitrogen and oxygen atoms in total. The molecule has 0 N–H and O–H groups in total. The number of likely N-dealkylation sites (tertiary alicyclic amines) is 1. The number of piperidine rings is 1. The van der Waals surface area contributed by atoms with Crippen LogP contribution in [-0.2, 0) is 9.53 Å². The van der Waals surface area contributed by atoms with E-state index in [0.29, 0.717) is 5.13 Å². The Hall–Kier alpha value is -1.49. The van der Waals surface area contributed by atoms with E-state index in [1.807, 2.05) is 10.3 Å². The molecule has 7 heteroatoms. The van der Waals surface area contributed by atoms with Crippen molar-refractivity contribution in [1.29, 1.82) is 5.26 Å².